The third-order valence-electron chi connectivity index (χ3n) is 4.93. The molecule has 0 aliphatic carbocycles. The molecule has 164 valence electrons. The van der Waals surface area contributed by atoms with Gasteiger partial charge in [0.1, 0.15) is 0 Å². The number of para-hydroxylation sites is 1. The Morgan fingerprint density at radius 3 is 2.29 bits per heavy atom. The first-order valence-corrected chi connectivity index (χ1v) is 10.7. The van der Waals surface area contributed by atoms with Crippen LogP contribution in [-0.4, -0.2) is 55.9 Å². The number of hydrogen-bond acceptors (Lipinski definition) is 7. The van der Waals surface area contributed by atoms with Gasteiger partial charge in [0.05, 0.1) is 31.2 Å². The fourth-order valence-corrected chi connectivity index (χ4v) is 4.77. The van der Waals surface area contributed by atoms with E-state index in [1.807, 2.05) is 0 Å². The minimum absolute atomic E-state index is 0.0939. The number of carbonyl (C=O) groups excluding carboxylic acids is 2. The lowest BCUT2D eigenvalue weighted by Crippen LogP contribution is -2.59. The zero-order chi connectivity index (χ0) is 22.6. The summed E-state index contributed by atoms with van der Waals surface area (Å²) in [4.78, 5) is 24.5. The van der Waals surface area contributed by atoms with Gasteiger partial charge in [-0.3, -0.25) is 0 Å². The number of rotatable bonds is 7. The van der Waals surface area contributed by atoms with Gasteiger partial charge in [-0.2, -0.15) is 0 Å². The van der Waals surface area contributed by atoms with Crippen LogP contribution in [0.4, 0.5) is 4.79 Å². The highest BCUT2D eigenvalue weighted by Gasteiger charge is 2.42. The van der Waals surface area contributed by atoms with E-state index in [0.29, 0.717) is 16.5 Å². The van der Waals surface area contributed by atoms with Gasteiger partial charge in [0.25, 0.3) is 10.0 Å². The van der Waals surface area contributed by atoms with Crippen molar-refractivity contribution < 1.29 is 32.6 Å². The first-order chi connectivity index (χ1) is 14.8. The Morgan fingerprint density at radius 1 is 1.03 bits per heavy atom. The van der Waals surface area contributed by atoms with Crippen molar-refractivity contribution in [3.63, 3.8) is 0 Å². The van der Waals surface area contributed by atoms with E-state index >= 15 is 0 Å². The maximum Gasteiger partial charge on any atom is 0.407 e. The molecule has 3 aromatic rings. The van der Waals surface area contributed by atoms with E-state index in [-0.39, 0.29) is 11.3 Å². The van der Waals surface area contributed by atoms with Crippen LogP contribution in [0.3, 0.4) is 0 Å². The molecular formula is C21H22N2O7S. The average Bonchev–Trinajstić information content (AvgIpc) is 3.17. The van der Waals surface area contributed by atoms with Gasteiger partial charge in [0, 0.05) is 18.0 Å². The Labute approximate surface area is 179 Å². The van der Waals surface area contributed by atoms with Gasteiger partial charge in [0.15, 0.2) is 5.54 Å². The van der Waals surface area contributed by atoms with Gasteiger partial charge in [0.2, 0.25) is 0 Å². The van der Waals surface area contributed by atoms with Crippen molar-refractivity contribution in [1.82, 2.24) is 9.29 Å². The normalized spacial score (nSPS) is 13.4. The molecule has 1 amide bonds. The highest BCUT2D eigenvalue weighted by atomic mass is 32.2. The van der Waals surface area contributed by atoms with Crippen LogP contribution in [0.5, 0.6) is 0 Å². The van der Waals surface area contributed by atoms with Crippen LogP contribution >= 0.6 is 0 Å². The number of nitrogens with one attached hydrogen (secondary N) is 1. The van der Waals surface area contributed by atoms with Crippen LogP contribution in [-0.2, 0) is 30.7 Å². The van der Waals surface area contributed by atoms with Crippen molar-refractivity contribution in [3.8, 4) is 0 Å². The molecule has 0 aliphatic heterocycles. The number of esters is 1. The summed E-state index contributed by atoms with van der Waals surface area (Å²) in [5.41, 5.74) is -1.07. The van der Waals surface area contributed by atoms with Gasteiger partial charge in [-0.05, 0) is 23.8 Å². The fourth-order valence-electron chi connectivity index (χ4n) is 3.36. The number of aromatic nitrogens is 1. The first-order valence-electron chi connectivity index (χ1n) is 9.24. The number of hydrogen-bond donors (Lipinski definition) is 2. The maximum atomic E-state index is 13.2. The predicted molar refractivity (Wildman–Crippen MR) is 112 cm³/mol. The molecule has 0 aliphatic rings. The Morgan fingerprint density at radius 2 is 1.68 bits per heavy atom. The van der Waals surface area contributed by atoms with Crippen molar-refractivity contribution in [2.24, 2.45) is 0 Å². The second-order valence-electron chi connectivity index (χ2n) is 6.81. The molecule has 1 heterocycles. The summed E-state index contributed by atoms with van der Waals surface area (Å²) in [7, 11) is -1.70. The van der Waals surface area contributed by atoms with Gasteiger partial charge in [-0.25, -0.2) is 22.0 Å². The van der Waals surface area contributed by atoms with E-state index in [1.54, 1.807) is 42.5 Å². The fraction of sp³-hybridized carbons (Fsp3) is 0.238. The Hall–Kier alpha value is -3.37. The van der Waals surface area contributed by atoms with E-state index in [1.165, 1.54) is 18.3 Å². The summed E-state index contributed by atoms with van der Waals surface area (Å²) in [5.74, 6) is -0.900. The number of alkyl carbamates (subject to hydrolysis) is 1. The lowest BCUT2D eigenvalue weighted by atomic mass is 9.91. The van der Waals surface area contributed by atoms with Crippen molar-refractivity contribution in [3.05, 3.63) is 66.4 Å². The summed E-state index contributed by atoms with van der Waals surface area (Å²) in [5, 5.41) is 12.9. The summed E-state index contributed by atoms with van der Waals surface area (Å²) < 4.78 is 37.0. The molecule has 1 aromatic heterocycles. The molecule has 10 heteroatoms. The van der Waals surface area contributed by atoms with E-state index < -0.39 is 34.2 Å². The van der Waals surface area contributed by atoms with E-state index in [9.17, 15) is 23.1 Å². The summed E-state index contributed by atoms with van der Waals surface area (Å²) >= 11 is 0. The molecular weight excluding hydrogens is 424 g/mol. The van der Waals surface area contributed by atoms with E-state index in [2.05, 4.69) is 10.1 Å². The minimum atomic E-state index is -3.93. The number of aliphatic hydroxyl groups is 1. The minimum Gasteiger partial charge on any atom is -0.467 e. The van der Waals surface area contributed by atoms with E-state index in [4.69, 9.17) is 4.74 Å². The molecule has 0 spiro atoms. The third-order valence-corrected chi connectivity index (χ3v) is 6.61. The number of nitrogens with zero attached hydrogens (tertiary/aromatic N) is 1. The number of benzene rings is 2. The second-order valence-corrected chi connectivity index (χ2v) is 8.63. The van der Waals surface area contributed by atoms with Crippen LogP contribution in [0.15, 0.2) is 65.7 Å². The standard InChI is InChI=1S/C21H22N2O7S/c1-29-19(25)21(14-24,22-20(26)30-2)12-15-13-23(18-11-7-6-10-17(15)18)31(27,28)16-8-4-3-5-9-16/h3-11,13,24H,12,14H2,1-2H3,(H,22,26)/t21-/m1/s1. The largest absolute Gasteiger partial charge is 0.467 e. The molecule has 1 atom stereocenters. The zero-order valence-electron chi connectivity index (χ0n) is 16.9. The monoisotopic (exact) mass is 446 g/mol. The highest BCUT2D eigenvalue weighted by molar-refractivity contribution is 7.90. The van der Waals surface area contributed by atoms with Gasteiger partial charge in [-0.1, -0.05) is 36.4 Å². The molecule has 0 fully saturated rings. The van der Waals surface area contributed by atoms with Gasteiger partial charge < -0.3 is 19.9 Å². The average molecular weight is 446 g/mol. The second kappa shape index (κ2) is 8.78. The Balaban J connectivity index is 2.17. The van der Waals surface area contributed by atoms with Crippen LogP contribution < -0.4 is 5.32 Å². The summed E-state index contributed by atoms with van der Waals surface area (Å²) in [6.07, 6.45) is 0.197. The number of amides is 1. The zero-order valence-corrected chi connectivity index (χ0v) is 17.8. The molecule has 3 rings (SSSR count). The first kappa shape index (κ1) is 22.3. The van der Waals surface area contributed by atoms with Crippen LogP contribution in [0, 0.1) is 0 Å². The summed E-state index contributed by atoms with van der Waals surface area (Å²) in [6.45, 7) is -0.792. The van der Waals surface area contributed by atoms with E-state index in [0.717, 1.165) is 18.2 Å². The topological polar surface area (TPSA) is 124 Å². The molecule has 0 radical (unpaired) electrons. The van der Waals surface area contributed by atoms with Gasteiger partial charge in [-0.15, -0.1) is 0 Å². The predicted octanol–water partition coefficient (Wildman–Crippen LogP) is 1.68. The highest BCUT2D eigenvalue weighted by Crippen LogP contribution is 2.29. The van der Waals surface area contributed by atoms with Crippen LogP contribution in [0.1, 0.15) is 5.56 Å². The maximum absolute atomic E-state index is 13.2. The molecule has 2 aromatic carbocycles. The SMILES string of the molecule is COC(=O)N[C@@](CO)(Cc1cn(S(=O)(=O)c2ccccc2)c2ccccc12)C(=O)OC. The number of methoxy groups -OCH3 is 2. The van der Waals surface area contributed by atoms with Crippen LogP contribution in [0.25, 0.3) is 10.9 Å². The molecule has 0 saturated heterocycles. The Kier molecular flexibility index (Phi) is 6.32. The van der Waals surface area contributed by atoms with Crippen molar-refractivity contribution in [2.75, 3.05) is 20.8 Å². The molecule has 9 nitrogen and oxygen atoms in total. The number of ether oxygens (including phenoxy) is 2. The Bertz CT molecular complexity index is 1200. The molecule has 0 bridgehead atoms. The third kappa shape index (κ3) is 4.12. The molecule has 2 N–H and O–H groups in total. The van der Waals surface area contributed by atoms with Crippen molar-refractivity contribution >= 4 is 33.0 Å². The van der Waals surface area contributed by atoms with Crippen molar-refractivity contribution in [1.29, 1.82) is 0 Å². The van der Waals surface area contributed by atoms with Crippen molar-refractivity contribution in [2.45, 2.75) is 16.9 Å². The lowest BCUT2D eigenvalue weighted by Gasteiger charge is -2.29. The smallest absolute Gasteiger partial charge is 0.407 e. The van der Waals surface area contributed by atoms with Crippen LogP contribution in [0.2, 0.25) is 0 Å². The molecule has 31 heavy (non-hydrogen) atoms. The quantitative estimate of drug-likeness (QED) is 0.529. The number of fused-ring (bicyclic) bond motifs is 1. The molecule has 0 saturated carbocycles. The summed E-state index contributed by atoms with van der Waals surface area (Å²) in [6, 6.07) is 14.6. The number of aliphatic hydroxyl groups excluding tert-OH is 1. The lowest BCUT2D eigenvalue weighted by molar-refractivity contribution is -0.150. The number of carbonyl (C=O) groups is 2. The van der Waals surface area contributed by atoms with Gasteiger partial charge >= 0.3 is 12.1 Å². The molecule has 0 unspecified atom stereocenters.